The fraction of sp³-hybridized carbons (Fsp3) is 0.625. The quantitative estimate of drug-likeness (QED) is 0.799. The van der Waals surface area contributed by atoms with E-state index >= 15 is 0 Å². The molecule has 2 atom stereocenters. The van der Waals surface area contributed by atoms with E-state index in [2.05, 4.69) is 4.72 Å². The first-order valence-corrected chi connectivity index (χ1v) is 12.0. The molecular formula is C16H22ClNO4S2. The molecule has 1 saturated heterocycles. The maximum absolute atomic E-state index is 12.5. The van der Waals surface area contributed by atoms with Gasteiger partial charge in [-0.15, -0.1) is 11.6 Å². The van der Waals surface area contributed by atoms with Crippen LogP contribution in [0.15, 0.2) is 29.2 Å². The van der Waals surface area contributed by atoms with E-state index in [0.29, 0.717) is 5.92 Å². The van der Waals surface area contributed by atoms with Crippen LogP contribution in [0, 0.1) is 0 Å². The zero-order valence-corrected chi connectivity index (χ0v) is 15.7. The maximum Gasteiger partial charge on any atom is 0.240 e. The summed E-state index contributed by atoms with van der Waals surface area (Å²) in [5.41, 5.74) is 1.17. The van der Waals surface area contributed by atoms with Gasteiger partial charge in [0.2, 0.25) is 10.0 Å². The number of halogens is 1. The van der Waals surface area contributed by atoms with E-state index in [-0.39, 0.29) is 16.4 Å². The molecule has 2 fully saturated rings. The Balaban J connectivity index is 1.73. The summed E-state index contributed by atoms with van der Waals surface area (Å²) in [4.78, 5) is 0.148. The highest BCUT2D eigenvalue weighted by atomic mass is 35.5. The summed E-state index contributed by atoms with van der Waals surface area (Å²) in [6, 6.07) is 6.15. The molecule has 0 bridgehead atoms. The molecule has 1 saturated carbocycles. The third-order valence-corrected chi connectivity index (χ3v) is 8.74. The molecule has 3 rings (SSSR count). The van der Waals surface area contributed by atoms with E-state index in [1.54, 1.807) is 12.1 Å². The van der Waals surface area contributed by atoms with E-state index < -0.39 is 31.3 Å². The van der Waals surface area contributed by atoms with E-state index in [4.69, 9.17) is 11.6 Å². The minimum absolute atomic E-state index is 0.148. The zero-order valence-electron chi connectivity index (χ0n) is 13.3. The number of sulfonamides is 1. The molecule has 0 amide bonds. The fourth-order valence-electron chi connectivity index (χ4n) is 3.54. The number of alkyl halides is 1. The Morgan fingerprint density at radius 1 is 1.00 bits per heavy atom. The van der Waals surface area contributed by atoms with Crippen LogP contribution in [-0.2, 0) is 19.9 Å². The van der Waals surface area contributed by atoms with Crippen molar-refractivity contribution in [2.45, 2.75) is 54.3 Å². The average Bonchev–Trinajstić information content (AvgIpc) is 2.79. The van der Waals surface area contributed by atoms with Gasteiger partial charge in [-0.3, -0.25) is 0 Å². The van der Waals surface area contributed by atoms with Gasteiger partial charge in [0.05, 0.1) is 27.8 Å². The molecule has 5 nitrogen and oxygen atoms in total. The fourth-order valence-corrected chi connectivity index (χ4v) is 7.54. The summed E-state index contributed by atoms with van der Waals surface area (Å²) in [5, 5.41) is -0.730. The van der Waals surface area contributed by atoms with Crippen LogP contribution >= 0.6 is 11.6 Å². The molecule has 0 spiro atoms. The predicted molar refractivity (Wildman–Crippen MR) is 94.7 cm³/mol. The van der Waals surface area contributed by atoms with E-state index in [9.17, 15) is 16.8 Å². The average molecular weight is 392 g/mol. The Bertz CT molecular complexity index is 784. The van der Waals surface area contributed by atoms with E-state index in [0.717, 1.165) is 12.8 Å². The summed E-state index contributed by atoms with van der Waals surface area (Å²) >= 11 is 5.98. The number of benzene rings is 1. The highest BCUT2D eigenvalue weighted by Gasteiger charge is 2.38. The Kier molecular flexibility index (Phi) is 5.25. The minimum atomic E-state index is -3.77. The molecule has 1 aromatic carbocycles. The summed E-state index contributed by atoms with van der Waals surface area (Å²) in [5.74, 6) is 0.0683. The Labute approximate surface area is 148 Å². The first-order valence-electron chi connectivity index (χ1n) is 8.24. The normalized spacial score (nSPS) is 28.0. The Morgan fingerprint density at radius 2 is 1.62 bits per heavy atom. The summed E-state index contributed by atoms with van der Waals surface area (Å²) in [7, 11) is -7.05. The van der Waals surface area contributed by atoms with Crippen molar-refractivity contribution in [3.05, 3.63) is 29.8 Å². The second-order valence-corrected chi connectivity index (χ2v) is 11.2. The van der Waals surface area contributed by atoms with Crippen LogP contribution in [0.1, 0.15) is 43.6 Å². The van der Waals surface area contributed by atoms with Crippen molar-refractivity contribution in [3.63, 3.8) is 0 Å². The number of nitrogens with one attached hydrogen (secondary N) is 1. The zero-order chi connectivity index (χ0) is 17.4. The lowest BCUT2D eigenvalue weighted by molar-refractivity contribution is 0.443. The van der Waals surface area contributed by atoms with Gasteiger partial charge in [-0.2, -0.15) is 0 Å². The van der Waals surface area contributed by atoms with Gasteiger partial charge in [0.15, 0.2) is 9.84 Å². The summed E-state index contributed by atoms with van der Waals surface area (Å²) < 4.78 is 50.5. The van der Waals surface area contributed by atoms with Crippen molar-refractivity contribution in [2.75, 3.05) is 11.5 Å². The molecule has 0 radical (unpaired) electrons. The summed E-state index contributed by atoms with van der Waals surface area (Å²) in [6.45, 7) is 0. The van der Waals surface area contributed by atoms with Crippen LogP contribution in [0.3, 0.4) is 0 Å². The molecule has 1 N–H and O–H groups in total. The summed E-state index contributed by atoms with van der Waals surface area (Å²) in [6.07, 6.45) is 6.02. The van der Waals surface area contributed by atoms with Gasteiger partial charge in [-0.05, 0) is 36.5 Å². The van der Waals surface area contributed by atoms with Crippen LogP contribution in [0.5, 0.6) is 0 Å². The van der Waals surface area contributed by atoms with Crippen molar-refractivity contribution >= 4 is 31.5 Å². The second-order valence-electron chi connectivity index (χ2n) is 6.72. The largest absolute Gasteiger partial charge is 0.240 e. The molecule has 2 aliphatic rings. The number of hydrogen-bond donors (Lipinski definition) is 1. The monoisotopic (exact) mass is 391 g/mol. The van der Waals surface area contributed by atoms with Crippen LogP contribution in [0.25, 0.3) is 0 Å². The van der Waals surface area contributed by atoms with Gasteiger partial charge in [0, 0.05) is 0 Å². The van der Waals surface area contributed by atoms with Crippen molar-refractivity contribution < 1.29 is 16.8 Å². The number of sulfone groups is 1. The molecule has 0 unspecified atom stereocenters. The predicted octanol–water partition coefficient (Wildman–Crippen LogP) is 2.42. The lowest BCUT2D eigenvalue weighted by Gasteiger charge is -2.22. The SMILES string of the molecule is O=S1(=O)C[C@H](NS(=O)(=O)c2ccc(C3CCCCC3)cc2)[C@@H](Cl)C1. The first-order chi connectivity index (χ1) is 11.3. The molecule has 8 heteroatoms. The van der Waals surface area contributed by atoms with Gasteiger partial charge < -0.3 is 0 Å². The molecule has 1 heterocycles. The highest BCUT2D eigenvalue weighted by molar-refractivity contribution is 7.92. The molecular weight excluding hydrogens is 370 g/mol. The Hall–Kier alpha value is -0.630. The van der Waals surface area contributed by atoms with Gasteiger partial charge >= 0.3 is 0 Å². The first kappa shape index (κ1) is 18.2. The number of hydrogen-bond acceptors (Lipinski definition) is 4. The Morgan fingerprint density at radius 3 is 2.17 bits per heavy atom. The second kappa shape index (κ2) is 6.94. The van der Waals surface area contributed by atoms with Gasteiger partial charge in [-0.1, -0.05) is 31.4 Å². The standard InChI is InChI=1S/C16H22ClNO4S2/c17-15-10-23(19,20)11-16(15)18-24(21,22)14-8-6-13(7-9-14)12-4-2-1-3-5-12/h6-9,12,15-16,18H,1-5,10-11H2/t15-,16-/m0/s1. The molecule has 1 aliphatic carbocycles. The molecule has 1 aliphatic heterocycles. The van der Waals surface area contributed by atoms with E-state index in [1.165, 1.54) is 24.8 Å². The topological polar surface area (TPSA) is 80.3 Å². The van der Waals surface area contributed by atoms with Crippen LogP contribution in [-0.4, -0.2) is 39.8 Å². The van der Waals surface area contributed by atoms with Crippen molar-refractivity contribution in [1.29, 1.82) is 0 Å². The van der Waals surface area contributed by atoms with Gasteiger partial charge in [0.25, 0.3) is 0 Å². The third-order valence-electron chi connectivity index (χ3n) is 4.86. The lowest BCUT2D eigenvalue weighted by Crippen LogP contribution is -2.40. The highest BCUT2D eigenvalue weighted by Crippen LogP contribution is 2.33. The van der Waals surface area contributed by atoms with Gasteiger partial charge in [-0.25, -0.2) is 21.6 Å². The van der Waals surface area contributed by atoms with Gasteiger partial charge in [0.1, 0.15) is 0 Å². The maximum atomic E-state index is 12.5. The molecule has 24 heavy (non-hydrogen) atoms. The van der Waals surface area contributed by atoms with Crippen molar-refractivity contribution in [3.8, 4) is 0 Å². The third kappa shape index (κ3) is 4.12. The molecule has 134 valence electrons. The molecule has 0 aromatic heterocycles. The van der Waals surface area contributed by atoms with Crippen LogP contribution in [0.4, 0.5) is 0 Å². The van der Waals surface area contributed by atoms with Crippen LogP contribution < -0.4 is 4.72 Å². The lowest BCUT2D eigenvalue weighted by atomic mass is 9.84. The molecule has 1 aromatic rings. The minimum Gasteiger partial charge on any atom is -0.229 e. The van der Waals surface area contributed by atoms with Crippen LogP contribution in [0.2, 0.25) is 0 Å². The van der Waals surface area contributed by atoms with E-state index in [1.807, 2.05) is 12.1 Å². The number of rotatable bonds is 4. The van der Waals surface area contributed by atoms with Crippen molar-refractivity contribution in [2.24, 2.45) is 0 Å². The smallest absolute Gasteiger partial charge is 0.229 e. The van der Waals surface area contributed by atoms with Crippen molar-refractivity contribution in [1.82, 2.24) is 4.72 Å².